The molecule has 1 aliphatic rings. The number of aromatic nitrogens is 2. The van der Waals surface area contributed by atoms with Crippen LogP contribution < -0.4 is 5.32 Å². The summed E-state index contributed by atoms with van der Waals surface area (Å²) in [4.78, 5) is 22.6. The predicted molar refractivity (Wildman–Crippen MR) is 90.1 cm³/mol. The maximum atomic E-state index is 13.1. The van der Waals surface area contributed by atoms with Crippen molar-refractivity contribution in [1.29, 1.82) is 0 Å². The number of aryl methyl sites for hydroxylation is 1. The molecule has 5 heteroatoms. The van der Waals surface area contributed by atoms with E-state index in [0.29, 0.717) is 6.54 Å². The number of carbonyl (C=O) groups is 1. The minimum atomic E-state index is 0.0984. The molecule has 1 saturated heterocycles. The molecule has 2 aromatic heterocycles. The van der Waals surface area contributed by atoms with E-state index < -0.39 is 0 Å². The van der Waals surface area contributed by atoms with E-state index >= 15 is 0 Å². The fraction of sp³-hybridized carbons (Fsp3) is 0.444. The number of rotatable bonds is 4. The van der Waals surface area contributed by atoms with Crippen molar-refractivity contribution in [3.05, 3.63) is 53.6 Å². The van der Waals surface area contributed by atoms with Gasteiger partial charge in [0.2, 0.25) is 0 Å². The van der Waals surface area contributed by atoms with Crippen LogP contribution in [0.4, 0.5) is 0 Å². The van der Waals surface area contributed by atoms with Crippen molar-refractivity contribution >= 4 is 5.91 Å². The van der Waals surface area contributed by atoms with Crippen LogP contribution in [0, 0.1) is 6.92 Å². The molecule has 1 aliphatic heterocycles. The summed E-state index contributed by atoms with van der Waals surface area (Å²) in [7, 11) is 0. The van der Waals surface area contributed by atoms with Gasteiger partial charge < -0.3 is 15.2 Å². The maximum absolute atomic E-state index is 13.1. The molecule has 0 radical (unpaired) electrons. The van der Waals surface area contributed by atoms with Crippen LogP contribution in [-0.2, 0) is 6.54 Å². The first-order valence-electron chi connectivity index (χ1n) is 8.31. The number of nitrogens with zero attached hydrogens (tertiary/aromatic N) is 2. The van der Waals surface area contributed by atoms with Gasteiger partial charge in [-0.3, -0.25) is 9.78 Å². The molecule has 23 heavy (non-hydrogen) atoms. The number of hydrogen-bond donors (Lipinski definition) is 2. The Hall–Kier alpha value is -2.14. The van der Waals surface area contributed by atoms with Crippen molar-refractivity contribution in [2.24, 2.45) is 0 Å². The molecule has 3 heterocycles. The van der Waals surface area contributed by atoms with Gasteiger partial charge in [0.1, 0.15) is 0 Å². The predicted octanol–water partition coefficient (Wildman–Crippen LogP) is 2.50. The van der Waals surface area contributed by atoms with Crippen LogP contribution in [0.1, 0.15) is 41.0 Å². The largest absolute Gasteiger partial charge is 0.365 e. The number of carbonyl (C=O) groups excluding carboxylic acids is 1. The Morgan fingerprint density at radius 3 is 2.96 bits per heavy atom. The van der Waals surface area contributed by atoms with Gasteiger partial charge >= 0.3 is 0 Å². The summed E-state index contributed by atoms with van der Waals surface area (Å²) in [6, 6.07) is 7.99. The van der Waals surface area contributed by atoms with Gasteiger partial charge in [-0.2, -0.15) is 0 Å². The number of aromatic amines is 1. The lowest BCUT2D eigenvalue weighted by atomic mass is 10.1. The smallest absolute Gasteiger partial charge is 0.256 e. The fourth-order valence-electron chi connectivity index (χ4n) is 3.18. The summed E-state index contributed by atoms with van der Waals surface area (Å²) in [5.41, 5.74) is 2.62. The highest BCUT2D eigenvalue weighted by atomic mass is 16.2. The summed E-state index contributed by atoms with van der Waals surface area (Å²) < 4.78 is 0. The fourth-order valence-corrected chi connectivity index (χ4v) is 3.18. The lowest BCUT2D eigenvalue weighted by Gasteiger charge is -2.31. The van der Waals surface area contributed by atoms with Crippen LogP contribution in [-0.4, -0.2) is 39.9 Å². The lowest BCUT2D eigenvalue weighted by Crippen LogP contribution is -2.40. The molecule has 1 atom stereocenters. The quantitative estimate of drug-likeness (QED) is 0.912. The van der Waals surface area contributed by atoms with Crippen molar-refractivity contribution in [2.45, 2.75) is 38.8 Å². The average Bonchev–Trinajstić information content (AvgIpc) is 2.84. The average molecular weight is 312 g/mol. The Balaban J connectivity index is 1.86. The number of pyridine rings is 1. The standard InChI is InChI=1S/C18H24N4O/c1-14-17(8-12-20-14)18(23)22(13-15-5-2-3-10-21-15)16-6-4-9-19-11-7-16/h2-3,5,8,10,12,16,19-20H,4,6-7,9,11,13H2,1H3. The van der Waals surface area contributed by atoms with Crippen LogP contribution in [0.5, 0.6) is 0 Å². The highest BCUT2D eigenvalue weighted by Crippen LogP contribution is 2.20. The van der Waals surface area contributed by atoms with E-state index in [1.54, 1.807) is 6.20 Å². The van der Waals surface area contributed by atoms with Gasteiger partial charge in [-0.05, 0) is 57.5 Å². The van der Waals surface area contributed by atoms with Crippen LogP contribution >= 0.6 is 0 Å². The van der Waals surface area contributed by atoms with Gasteiger partial charge in [-0.15, -0.1) is 0 Å². The molecular formula is C18H24N4O. The molecule has 1 amide bonds. The highest BCUT2D eigenvalue weighted by molar-refractivity contribution is 5.95. The van der Waals surface area contributed by atoms with Gasteiger partial charge in [0.25, 0.3) is 5.91 Å². The van der Waals surface area contributed by atoms with E-state index in [2.05, 4.69) is 15.3 Å². The molecule has 5 nitrogen and oxygen atoms in total. The first kappa shape index (κ1) is 15.7. The lowest BCUT2D eigenvalue weighted by molar-refractivity contribution is 0.0642. The van der Waals surface area contributed by atoms with Gasteiger partial charge in [-0.1, -0.05) is 6.07 Å². The zero-order valence-electron chi connectivity index (χ0n) is 13.6. The minimum Gasteiger partial charge on any atom is -0.365 e. The Morgan fingerprint density at radius 1 is 1.30 bits per heavy atom. The van der Waals surface area contributed by atoms with Gasteiger partial charge in [0.05, 0.1) is 17.8 Å². The molecular weight excluding hydrogens is 288 g/mol. The van der Waals surface area contributed by atoms with E-state index in [4.69, 9.17) is 0 Å². The number of H-pyrrole nitrogens is 1. The summed E-state index contributed by atoms with van der Waals surface area (Å²) in [6.45, 7) is 4.50. The van der Waals surface area contributed by atoms with Gasteiger partial charge in [-0.25, -0.2) is 0 Å². The second kappa shape index (κ2) is 7.42. The van der Waals surface area contributed by atoms with Crippen molar-refractivity contribution in [3.63, 3.8) is 0 Å². The van der Waals surface area contributed by atoms with Crippen molar-refractivity contribution in [3.8, 4) is 0 Å². The Morgan fingerprint density at radius 2 is 2.22 bits per heavy atom. The third-order valence-electron chi connectivity index (χ3n) is 4.49. The first-order chi connectivity index (χ1) is 11.3. The second-order valence-corrected chi connectivity index (χ2v) is 6.11. The van der Waals surface area contributed by atoms with E-state index in [1.165, 1.54) is 0 Å². The third kappa shape index (κ3) is 3.79. The van der Waals surface area contributed by atoms with Crippen LogP contribution in [0.3, 0.4) is 0 Å². The number of nitrogens with one attached hydrogen (secondary N) is 2. The van der Waals surface area contributed by atoms with Gasteiger partial charge in [0, 0.05) is 24.1 Å². The zero-order chi connectivity index (χ0) is 16.1. The molecule has 122 valence electrons. The molecule has 0 saturated carbocycles. The molecule has 2 N–H and O–H groups in total. The molecule has 1 unspecified atom stereocenters. The molecule has 0 aromatic carbocycles. The third-order valence-corrected chi connectivity index (χ3v) is 4.49. The first-order valence-corrected chi connectivity index (χ1v) is 8.31. The van der Waals surface area contributed by atoms with E-state index in [0.717, 1.165) is 49.3 Å². The normalized spacial score (nSPS) is 18.4. The second-order valence-electron chi connectivity index (χ2n) is 6.11. The summed E-state index contributed by atoms with van der Waals surface area (Å²) >= 11 is 0. The molecule has 1 fully saturated rings. The van der Waals surface area contributed by atoms with Crippen molar-refractivity contribution in [1.82, 2.24) is 20.2 Å². The monoisotopic (exact) mass is 312 g/mol. The highest BCUT2D eigenvalue weighted by Gasteiger charge is 2.27. The zero-order valence-corrected chi connectivity index (χ0v) is 13.6. The topological polar surface area (TPSA) is 61.0 Å². The maximum Gasteiger partial charge on any atom is 0.256 e. The molecule has 2 aromatic rings. The summed E-state index contributed by atoms with van der Waals surface area (Å²) in [6.07, 6.45) is 6.74. The van der Waals surface area contributed by atoms with Crippen LogP contribution in [0.25, 0.3) is 0 Å². The minimum absolute atomic E-state index is 0.0984. The number of hydrogen-bond acceptors (Lipinski definition) is 3. The SMILES string of the molecule is Cc1[nH]ccc1C(=O)N(Cc1ccccn1)C1CCCNCC1. The molecule has 3 rings (SSSR count). The van der Waals surface area contributed by atoms with Crippen LogP contribution in [0.2, 0.25) is 0 Å². The Kier molecular flexibility index (Phi) is 5.08. The van der Waals surface area contributed by atoms with Crippen molar-refractivity contribution < 1.29 is 4.79 Å². The molecule has 0 spiro atoms. The van der Waals surface area contributed by atoms with Crippen molar-refractivity contribution in [2.75, 3.05) is 13.1 Å². The van der Waals surface area contributed by atoms with E-state index in [1.807, 2.05) is 42.3 Å². The Labute approximate surface area is 137 Å². The van der Waals surface area contributed by atoms with Crippen LogP contribution in [0.15, 0.2) is 36.7 Å². The molecule has 0 bridgehead atoms. The van der Waals surface area contributed by atoms with E-state index in [9.17, 15) is 4.79 Å². The van der Waals surface area contributed by atoms with Gasteiger partial charge in [0.15, 0.2) is 0 Å². The molecule has 0 aliphatic carbocycles. The summed E-state index contributed by atoms with van der Waals surface area (Å²) in [5, 5.41) is 3.42. The number of amides is 1. The Bertz CT molecular complexity index is 629. The summed E-state index contributed by atoms with van der Waals surface area (Å²) in [5.74, 6) is 0.0984. The van der Waals surface area contributed by atoms with E-state index in [-0.39, 0.29) is 11.9 Å².